The predicted molar refractivity (Wildman–Crippen MR) is 87.2 cm³/mol. The van der Waals surface area contributed by atoms with Gasteiger partial charge in [-0.1, -0.05) is 17.9 Å². The topological polar surface area (TPSA) is 76.3 Å². The number of para-hydroxylation sites is 1. The summed E-state index contributed by atoms with van der Waals surface area (Å²) >= 11 is 5.61. The van der Waals surface area contributed by atoms with Crippen molar-refractivity contribution in [2.24, 2.45) is 7.05 Å². The fourth-order valence-electron chi connectivity index (χ4n) is 3.03. The normalized spacial score (nSPS) is 20.9. The van der Waals surface area contributed by atoms with Crippen molar-refractivity contribution in [1.82, 2.24) is 14.5 Å². The number of nitrogens with one attached hydrogen (secondary N) is 1. The highest BCUT2D eigenvalue weighted by Gasteiger charge is 2.31. The van der Waals surface area contributed by atoms with Gasteiger partial charge >= 0.3 is 5.69 Å². The highest BCUT2D eigenvalue weighted by Crippen LogP contribution is 2.26. The number of hydrogen-bond donors (Lipinski definition) is 2. The Bertz CT molecular complexity index is 888. The summed E-state index contributed by atoms with van der Waals surface area (Å²) in [5.74, 6) is 5.74. The van der Waals surface area contributed by atoms with Crippen molar-refractivity contribution in [2.45, 2.75) is 25.1 Å². The van der Waals surface area contributed by atoms with Gasteiger partial charge in [0.1, 0.15) is 6.23 Å². The van der Waals surface area contributed by atoms with Crippen LogP contribution in [0.4, 0.5) is 0 Å². The fraction of sp³-hybridized carbons (Fsp3) is 0.375. The zero-order chi connectivity index (χ0) is 16.6. The lowest BCUT2D eigenvalue weighted by Crippen LogP contribution is -2.47. The molecular formula is C16H16ClN3O3. The van der Waals surface area contributed by atoms with Gasteiger partial charge in [-0.2, -0.15) is 0 Å². The number of benzene rings is 1. The van der Waals surface area contributed by atoms with Crippen LogP contribution >= 0.6 is 11.6 Å². The van der Waals surface area contributed by atoms with E-state index >= 15 is 0 Å². The van der Waals surface area contributed by atoms with Crippen molar-refractivity contribution in [2.75, 3.05) is 5.88 Å². The largest absolute Gasteiger partial charge is 0.372 e. The molecule has 1 saturated heterocycles. The van der Waals surface area contributed by atoms with Gasteiger partial charge < -0.3 is 10.4 Å². The number of nitrogens with zero attached hydrogens (tertiary/aromatic N) is 2. The molecule has 2 heterocycles. The third-order valence-corrected chi connectivity index (χ3v) is 4.20. The molecule has 2 N–H and O–H groups in total. The minimum atomic E-state index is -1.09. The standard InChI is InChI=1S/C16H16ClN3O3/c1-19-14-10(5-3-9-17)4-2-6-11(14)20(16(19)23)12-7-8-13(21)18-15(12)22/h2,4,6,12,15,22H,7-9H2,1H3,(H,18,21). The molecule has 3 rings (SSSR count). The average Bonchev–Trinajstić information content (AvgIpc) is 2.78. The van der Waals surface area contributed by atoms with E-state index in [1.165, 1.54) is 9.13 Å². The average molecular weight is 334 g/mol. The molecule has 1 amide bonds. The molecule has 0 saturated carbocycles. The number of amides is 1. The Morgan fingerprint density at radius 2 is 2.22 bits per heavy atom. The number of aryl methyl sites for hydroxylation is 1. The summed E-state index contributed by atoms with van der Waals surface area (Å²) in [7, 11) is 1.67. The Hall–Kier alpha value is -2.23. The van der Waals surface area contributed by atoms with Gasteiger partial charge in [0, 0.05) is 13.5 Å². The maximum absolute atomic E-state index is 12.7. The van der Waals surface area contributed by atoms with Gasteiger partial charge in [0.2, 0.25) is 5.91 Å². The van der Waals surface area contributed by atoms with Crippen LogP contribution in [0.15, 0.2) is 23.0 Å². The summed E-state index contributed by atoms with van der Waals surface area (Å²) in [4.78, 5) is 24.1. The van der Waals surface area contributed by atoms with Gasteiger partial charge in [0.15, 0.2) is 0 Å². The molecule has 2 unspecified atom stereocenters. The Labute approximate surface area is 137 Å². The number of aromatic nitrogens is 2. The number of imidazole rings is 1. The molecule has 2 atom stereocenters. The summed E-state index contributed by atoms with van der Waals surface area (Å²) in [6.07, 6.45) is -0.406. The molecule has 23 heavy (non-hydrogen) atoms. The SMILES string of the molecule is Cn1c(=O)n(C2CCC(=O)NC2O)c2cccc(C#CCCl)c21. The van der Waals surface area contributed by atoms with E-state index < -0.39 is 12.3 Å². The molecule has 6 nitrogen and oxygen atoms in total. The zero-order valence-corrected chi connectivity index (χ0v) is 13.3. The quantitative estimate of drug-likeness (QED) is 0.596. The van der Waals surface area contributed by atoms with Crippen LogP contribution in [-0.4, -0.2) is 32.3 Å². The van der Waals surface area contributed by atoms with Crippen LogP contribution in [0.1, 0.15) is 24.4 Å². The molecule has 1 aliphatic rings. The summed E-state index contributed by atoms with van der Waals surface area (Å²) < 4.78 is 3.04. The molecule has 7 heteroatoms. The predicted octanol–water partition coefficient (Wildman–Crippen LogP) is 0.700. The van der Waals surface area contributed by atoms with Crippen LogP contribution in [0.3, 0.4) is 0 Å². The van der Waals surface area contributed by atoms with Crippen LogP contribution in [-0.2, 0) is 11.8 Å². The number of aliphatic hydroxyl groups excluding tert-OH is 1. The maximum Gasteiger partial charge on any atom is 0.329 e. The minimum Gasteiger partial charge on any atom is -0.372 e. The number of carbonyl (C=O) groups is 1. The van der Waals surface area contributed by atoms with E-state index in [1.807, 2.05) is 18.2 Å². The second-order valence-corrected chi connectivity index (χ2v) is 5.71. The molecule has 0 spiro atoms. The molecular weight excluding hydrogens is 318 g/mol. The van der Waals surface area contributed by atoms with Crippen molar-refractivity contribution in [3.8, 4) is 11.8 Å². The van der Waals surface area contributed by atoms with E-state index in [0.29, 0.717) is 23.0 Å². The van der Waals surface area contributed by atoms with E-state index in [-0.39, 0.29) is 23.9 Å². The lowest BCUT2D eigenvalue weighted by atomic mass is 10.0. The molecule has 1 aromatic carbocycles. The summed E-state index contributed by atoms with van der Waals surface area (Å²) in [6.45, 7) is 0. The number of alkyl halides is 1. The first-order valence-corrected chi connectivity index (χ1v) is 7.80. The van der Waals surface area contributed by atoms with Gasteiger partial charge in [0.25, 0.3) is 0 Å². The minimum absolute atomic E-state index is 0.207. The van der Waals surface area contributed by atoms with E-state index in [2.05, 4.69) is 17.2 Å². The first-order valence-electron chi connectivity index (χ1n) is 7.26. The van der Waals surface area contributed by atoms with Gasteiger partial charge in [-0.05, 0) is 18.6 Å². The molecule has 1 fully saturated rings. The lowest BCUT2D eigenvalue weighted by molar-refractivity contribution is -0.128. The highest BCUT2D eigenvalue weighted by atomic mass is 35.5. The first-order chi connectivity index (χ1) is 11.0. The van der Waals surface area contributed by atoms with Gasteiger partial charge in [-0.15, -0.1) is 11.6 Å². The first kappa shape index (κ1) is 15.7. The van der Waals surface area contributed by atoms with Gasteiger partial charge in [-0.25, -0.2) is 4.79 Å². The van der Waals surface area contributed by atoms with Crippen molar-refractivity contribution in [3.63, 3.8) is 0 Å². The summed E-state index contributed by atoms with van der Waals surface area (Å²) in [6, 6.07) is 4.95. The number of piperidine rings is 1. The zero-order valence-electron chi connectivity index (χ0n) is 12.5. The monoisotopic (exact) mass is 333 g/mol. The van der Waals surface area contributed by atoms with Crippen molar-refractivity contribution < 1.29 is 9.90 Å². The Morgan fingerprint density at radius 1 is 1.43 bits per heavy atom. The third kappa shape index (κ3) is 2.62. The van der Waals surface area contributed by atoms with Gasteiger partial charge in [-0.3, -0.25) is 13.9 Å². The maximum atomic E-state index is 12.7. The Kier molecular flexibility index (Phi) is 4.16. The Balaban J connectivity index is 2.21. The van der Waals surface area contributed by atoms with E-state index in [9.17, 15) is 14.7 Å². The molecule has 120 valence electrons. The molecule has 0 radical (unpaired) electrons. The summed E-state index contributed by atoms with van der Waals surface area (Å²) in [5.41, 5.74) is 1.83. The molecule has 2 aromatic rings. The van der Waals surface area contributed by atoms with Crippen LogP contribution in [0.5, 0.6) is 0 Å². The molecule has 0 bridgehead atoms. The van der Waals surface area contributed by atoms with Crippen LogP contribution in [0.25, 0.3) is 11.0 Å². The number of halogens is 1. The summed E-state index contributed by atoms with van der Waals surface area (Å²) in [5, 5.41) is 12.6. The number of hydrogen-bond acceptors (Lipinski definition) is 3. The van der Waals surface area contributed by atoms with Gasteiger partial charge in [0.05, 0.1) is 28.5 Å². The van der Waals surface area contributed by atoms with Crippen LogP contribution < -0.4 is 11.0 Å². The second-order valence-electron chi connectivity index (χ2n) is 5.44. The second kappa shape index (κ2) is 6.11. The van der Waals surface area contributed by atoms with Crippen molar-refractivity contribution >= 4 is 28.5 Å². The van der Waals surface area contributed by atoms with Crippen molar-refractivity contribution in [3.05, 3.63) is 34.2 Å². The number of fused-ring (bicyclic) bond motifs is 1. The lowest BCUT2D eigenvalue weighted by Gasteiger charge is -2.29. The van der Waals surface area contributed by atoms with E-state index in [4.69, 9.17) is 11.6 Å². The van der Waals surface area contributed by atoms with Crippen LogP contribution in [0, 0.1) is 11.8 Å². The van der Waals surface area contributed by atoms with Crippen LogP contribution in [0.2, 0.25) is 0 Å². The molecule has 1 aromatic heterocycles. The number of rotatable bonds is 1. The highest BCUT2D eigenvalue weighted by molar-refractivity contribution is 6.19. The Morgan fingerprint density at radius 3 is 2.91 bits per heavy atom. The van der Waals surface area contributed by atoms with E-state index in [0.717, 1.165) is 0 Å². The smallest absolute Gasteiger partial charge is 0.329 e. The number of carbonyl (C=O) groups excluding carboxylic acids is 1. The van der Waals surface area contributed by atoms with Crippen molar-refractivity contribution in [1.29, 1.82) is 0 Å². The third-order valence-electron chi connectivity index (χ3n) is 4.06. The fourth-order valence-corrected chi connectivity index (χ4v) is 3.10. The molecule has 0 aliphatic carbocycles. The van der Waals surface area contributed by atoms with E-state index in [1.54, 1.807) is 7.05 Å². The number of aliphatic hydroxyl groups is 1. The molecule has 1 aliphatic heterocycles.